The number of nitrogens with one attached hydrogen (secondary N) is 1. The summed E-state index contributed by atoms with van der Waals surface area (Å²) in [6, 6.07) is 8.44. The fraction of sp³-hybridized carbons (Fsp3) is 0.500. The summed E-state index contributed by atoms with van der Waals surface area (Å²) in [4.78, 5) is 0. The van der Waals surface area contributed by atoms with Gasteiger partial charge in [-0.25, -0.2) is 0 Å². The van der Waals surface area contributed by atoms with Gasteiger partial charge in [0.25, 0.3) is 0 Å². The van der Waals surface area contributed by atoms with E-state index in [1.165, 1.54) is 25.7 Å². The lowest BCUT2D eigenvalue weighted by molar-refractivity contribution is 0.257. The molecule has 3 rings (SSSR count). The number of nitrogens with zero attached hydrogens (tertiary/aromatic N) is 2. The van der Waals surface area contributed by atoms with Crippen molar-refractivity contribution in [2.45, 2.75) is 38.6 Å². The van der Waals surface area contributed by atoms with E-state index in [1.54, 1.807) is 7.11 Å². The number of H-pyrrole nitrogens is 1. The summed E-state index contributed by atoms with van der Waals surface area (Å²) in [5.74, 6) is 2.42. The smallest absolute Gasteiger partial charge is 0.195 e. The molecule has 1 aliphatic rings. The summed E-state index contributed by atoms with van der Waals surface area (Å²) >= 11 is 5.48. The van der Waals surface area contributed by atoms with Crippen molar-refractivity contribution in [3.63, 3.8) is 0 Å². The lowest BCUT2D eigenvalue weighted by Crippen LogP contribution is -2.22. The summed E-state index contributed by atoms with van der Waals surface area (Å²) in [7, 11) is 1.68. The van der Waals surface area contributed by atoms with Crippen molar-refractivity contribution in [2.75, 3.05) is 7.11 Å². The van der Waals surface area contributed by atoms with Crippen LogP contribution in [0.1, 0.15) is 38.6 Å². The fourth-order valence-corrected chi connectivity index (χ4v) is 3.50. The van der Waals surface area contributed by atoms with Crippen molar-refractivity contribution in [3.05, 3.63) is 29.0 Å². The minimum atomic E-state index is 0.446. The summed E-state index contributed by atoms with van der Waals surface area (Å²) < 4.78 is 8.15. The number of aromatic nitrogens is 3. The maximum atomic E-state index is 5.48. The lowest BCUT2D eigenvalue weighted by Gasteiger charge is -2.30. The summed E-state index contributed by atoms with van der Waals surface area (Å²) in [6.45, 7) is 2.32. The molecule has 0 unspecified atom stereocenters. The van der Waals surface area contributed by atoms with Crippen LogP contribution < -0.4 is 4.74 Å². The number of aromatic amines is 1. The van der Waals surface area contributed by atoms with Gasteiger partial charge in [0.05, 0.1) is 7.11 Å². The molecule has 2 aromatic rings. The Bertz CT molecular complexity index is 659. The Kier molecular flexibility index (Phi) is 4.10. The molecule has 0 amide bonds. The van der Waals surface area contributed by atoms with Gasteiger partial charge in [-0.1, -0.05) is 19.8 Å². The largest absolute Gasteiger partial charge is 0.497 e. The summed E-state index contributed by atoms with van der Waals surface area (Å²) in [5.41, 5.74) is 1.07. The van der Waals surface area contributed by atoms with Gasteiger partial charge in [0.15, 0.2) is 10.6 Å². The highest BCUT2D eigenvalue weighted by Gasteiger charge is 2.26. The predicted octanol–water partition coefficient (Wildman–Crippen LogP) is 4.37. The van der Waals surface area contributed by atoms with Gasteiger partial charge >= 0.3 is 0 Å². The zero-order valence-corrected chi connectivity index (χ0v) is 13.3. The van der Waals surface area contributed by atoms with Crippen LogP contribution in [0.4, 0.5) is 0 Å². The van der Waals surface area contributed by atoms with E-state index in [-0.39, 0.29) is 0 Å². The van der Waals surface area contributed by atoms with E-state index in [9.17, 15) is 0 Å². The number of benzene rings is 1. The van der Waals surface area contributed by atoms with E-state index in [2.05, 4.69) is 21.7 Å². The van der Waals surface area contributed by atoms with E-state index < -0.39 is 0 Å². The summed E-state index contributed by atoms with van der Waals surface area (Å²) in [6.07, 6.45) is 5.03. The van der Waals surface area contributed by atoms with Crippen LogP contribution in [-0.2, 0) is 0 Å². The molecule has 0 bridgehead atoms. The van der Waals surface area contributed by atoms with Crippen LogP contribution in [-0.4, -0.2) is 21.9 Å². The first-order valence-electron chi connectivity index (χ1n) is 7.52. The molecule has 1 N–H and O–H groups in total. The molecule has 1 heterocycles. The Morgan fingerprint density at radius 3 is 2.62 bits per heavy atom. The van der Waals surface area contributed by atoms with Gasteiger partial charge < -0.3 is 4.74 Å². The number of hydrogen-bond acceptors (Lipinski definition) is 3. The zero-order chi connectivity index (χ0) is 14.8. The number of hydrogen-bond donors (Lipinski definition) is 1. The number of rotatable bonds is 3. The zero-order valence-electron chi connectivity index (χ0n) is 12.5. The van der Waals surface area contributed by atoms with E-state index in [0.717, 1.165) is 21.9 Å². The molecule has 0 aliphatic heterocycles. The first-order valence-corrected chi connectivity index (χ1v) is 7.93. The van der Waals surface area contributed by atoms with Gasteiger partial charge in [-0.2, -0.15) is 5.10 Å². The first-order chi connectivity index (χ1) is 10.2. The first kappa shape index (κ1) is 14.3. The Hall–Kier alpha value is -1.62. The molecule has 0 saturated heterocycles. The minimum absolute atomic E-state index is 0.446. The van der Waals surface area contributed by atoms with Crippen molar-refractivity contribution < 1.29 is 4.74 Å². The quantitative estimate of drug-likeness (QED) is 0.856. The summed E-state index contributed by atoms with van der Waals surface area (Å²) in [5, 5.41) is 7.42. The Morgan fingerprint density at radius 1 is 1.24 bits per heavy atom. The minimum Gasteiger partial charge on any atom is -0.497 e. The molecule has 5 heteroatoms. The second-order valence-corrected chi connectivity index (χ2v) is 6.17. The highest BCUT2D eigenvalue weighted by atomic mass is 32.1. The number of ether oxygens (including phenoxy) is 1. The van der Waals surface area contributed by atoms with Crippen molar-refractivity contribution in [2.24, 2.45) is 5.92 Å². The fourth-order valence-electron chi connectivity index (χ4n) is 3.24. The third kappa shape index (κ3) is 2.75. The second-order valence-electron chi connectivity index (χ2n) is 5.78. The Labute approximate surface area is 130 Å². The predicted molar refractivity (Wildman–Crippen MR) is 86.1 cm³/mol. The SMILES string of the molecule is COc1ccc(-c2n[nH]c(=S)n2[C@@H]2CCCC[C@H]2C)cc1. The van der Waals surface area contributed by atoms with Crippen molar-refractivity contribution in [3.8, 4) is 17.1 Å². The van der Waals surface area contributed by atoms with Gasteiger partial charge in [-0.3, -0.25) is 9.67 Å². The van der Waals surface area contributed by atoms with E-state index in [0.29, 0.717) is 12.0 Å². The molecule has 21 heavy (non-hydrogen) atoms. The van der Waals surface area contributed by atoms with Crippen LogP contribution in [0.15, 0.2) is 24.3 Å². The molecule has 4 nitrogen and oxygen atoms in total. The number of methoxy groups -OCH3 is 1. The normalized spacial score (nSPS) is 22.2. The molecule has 0 radical (unpaired) electrons. The molecule has 0 spiro atoms. The van der Waals surface area contributed by atoms with Crippen molar-refractivity contribution in [1.82, 2.24) is 14.8 Å². The third-order valence-electron chi connectivity index (χ3n) is 4.45. The monoisotopic (exact) mass is 303 g/mol. The topological polar surface area (TPSA) is 42.8 Å². The van der Waals surface area contributed by atoms with E-state index >= 15 is 0 Å². The van der Waals surface area contributed by atoms with Crippen molar-refractivity contribution in [1.29, 1.82) is 0 Å². The molecule has 1 aliphatic carbocycles. The van der Waals surface area contributed by atoms with Crippen LogP contribution >= 0.6 is 12.2 Å². The molecular weight excluding hydrogens is 282 g/mol. The maximum absolute atomic E-state index is 5.48. The van der Waals surface area contributed by atoms with Gasteiger partial charge in [0.2, 0.25) is 0 Å². The Morgan fingerprint density at radius 2 is 1.95 bits per heavy atom. The maximum Gasteiger partial charge on any atom is 0.195 e. The molecule has 1 fully saturated rings. The standard InChI is InChI=1S/C16H21N3OS/c1-11-5-3-4-6-14(11)19-15(17-18-16(19)21)12-7-9-13(20-2)10-8-12/h7-11,14H,3-6H2,1-2H3,(H,18,21)/t11-,14-/m1/s1. The van der Waals surface area contributed by atoms with E-state index in [4.69, 9.17) is 17.0 Å². The van der Waals surface area contributed by atoms with Crippen LogP contribution in [0.2, 0.25) is 0 Å². The van der Waals surface area contributed by atoms with Gasteiger partial charge in [-0.15, -0.1) is 0 Å². The van der Waals surface area contributed by atoms with Crippen LogP contribution in [0.3, 0.4) is 0 Å². The van der Waals surface area contributed by atoms with Crippen LogP contribution in [0.25, 0.3) is 11.4 Å². The molecule has 2 atom stereocenters. The molecule has 1 aromatic heterocycles. The molecule has 1 aromatic carbocycles. The van der Waals surface area contributed by atoms with E-state index in [1.807, 2.05) is 24.3 Å². The second kappa shape index (κ2) is 6.02. The van der Waals surface area contributed by atoms with Crippen molar-refractivity contribution >= 4 is 12.2 Å². The highest BCUT2D eigenvalue weighted by molar-refractivity contribution is 7.71. The lowest BCUT2D eigenvalue weighted by atomic mass is 9.85. The van der Waals surface area contributed by atoms with Crippen LogP contribution in [0, 0.1) is 10.7 Å². The average molecular weight is 303 g/mol. The third-order valence-corrected chi connectivity index (χ3v) is 4.74. The molecule has 112 valence electrons. The molecule has 1 saturated carbocycles. The van der Waals surface area contributed by atoms with Crippen LogP contribution in [0.5, 0.6) is 5.75 Å². The Balaban J connectivity index is 2.01. The van der Waals surface area contributed by atoms with Gasteiger partial charge in [-0.05, 0) is 55.2 Å². The van der Waals surface area contributed by atoms with Gasteiger partial charge in [0, 0.05) is 11.6 Å². The molecular formula is C16H21N3OS. The highest BCUT2D eigenvalue weighted by Crippen LogP contribution is 2.36. The van der Waals surface area contributed by atoms with Gasteiger partial charge in [0.1, 0.15) is 5.75 Å². The average Bonchev–Trinajstić information content (AvgIpc) is 2.89.